The Morgan fingerprint density at radius 1 is 1.18 bits per heavy atom. The van der Waals surface area contributed by atoms with Crippen molar-refractivity contribution in [2.75, 3.05) is 13.8 Å². The lowest BCUT2D eigenvalue weighted by Gasteiger charge is -2.44. The number of hydrogen-bond donors (Lipinski definition) is 3. The van der Waals surface area contributed by atoms with Gasteiger partial charge < -0.3 is 30.1 Å². The fourth-order valence-corrected chi connectivity index (χ4v) is 4.03. The van der Waals surface area contributed by atoms with Crippen molar-refractivity contribution in [1.82, 2.24) is 15.5 Å². The molecule has 0 saturated carbocycles. The number of aliphatic hydroxyl groups excluding tert-OH is 1. The van der Waals surface area contributed by atoms with Crippen LogP contribution in [0, 0.1) is 11.3 Å². The molecule has 0 radical (unpaired) electrons. The quantitative estimate of drug-likeness (QED) is 0.311. The van der Waals surface area contributed by atoms with E-state index in [1.807, 2.05) is 12.1 Å². The number of aliphatic hydroxyl groups is 1. The first-order valence-electron chi connectivity index (χ1n) is 11.1. The number of carbonyl (C=O) groups is 4. The zero-order chi connectivity index (χ0) is 25.2. The zero-order valence-electron chi connectivity index (χ0n) is 20.0. The molecule has 1 aromatic rings. The number of amides is 3. The predicted molar refractivity (Wildman–Crippen MR) is 122 cm³/mol. The number of nitrogens with zero attached hydrogens (tertiary/aromatic N) is 1. The third kappa shape index (κ3) is 5.06. The van der Waals surface area contributed by atoms with E-state index >= 15 is 0 Å². The second-order valence-electron chi connectivity index (χ2n) is 9.43. The molecule has 3 rings (SSSR count). The molecule has 184 valence electrons. The van der Waals surface area contributed by atoms with Crippen LogP contribution in [0.25, 0.3) is 5.57 Å². The standard InChI is InChI=1S/C24H31N3O7/c1-13(28)18-17-10-16(15-8-6-14(7-9-15)11-26-23(32)25-5)19(27(17)20(18)29)21(30)33-12-34-22(31)24(2,3)4/h6-9,13,17-18,28H,10-12H2,1-5H3,(H2,25,26,32)/t13-,17-,18-/m1/s1. The van der Waals surface area contributed by atoms with Crippen LogP contribution in [0.5, 0.6) is 0 Å². The molecule has 0 spiro atoms. The minimum atomic E-state index is -0.851. The van der Waals surface area contributed by atoms with Gasteiger partial charge >= 0.3 is 18.0 Å². The van der Waals surface area contributed by atoms with Crippen molar-refractivity contribution < 1.29 is 33.8 Å². The molecular weight excluding hydrogens is 442 g/mol. The van der Waals surface area contributed by atoms with Crippen LogP contribution in [0.2, 0.25) is 0 Å². The third-order valence-corrected chi connectivity index (χ3v) is 5.90. The number of urea groups is 1. The van der Waals surface area contributed by atoms with Gasteiger partial charge in [-0.25, -0.2) is 9.59 Å². The average Bonchev–Trinajstić information content (AvgIpc) is 3.11. The molecule has 10 nitrogen and oxygen atoms in total. The van der Waals surface area contributed by atoms with Gasteiger partial charge in [-0.1, -0.05) is 24.3 Å². The number of esters is 2. The summed E-state index contributed by atoms with van der Waals surface area (Å²) in [6.45, 7) is 6.36. The zero-order valence-corrected chi connectivity index (χ0v) is 20.0. The molecule has 0 unspecified atom stereocenters. The molecule has 2 heterocycles. The smallest absolute Gasteiger partial charge is 0.358 e. The molecule has 0 bridgehead atoms. The van der Waals surface area contributed by atoms with Crippen molar-refractivity contribution in [3.05, 3.63) is 41.1 Å². The van der Waals surface area contributed by atoms with E-state index in [2.05, 4.69) is 10.6 Å². The minimum Gasteiger partial charge on any atom is -0.427 e. The molecule has 3 amide bonds. The SMILES string of the molecule is CNC(=O)NCc1ccc(C2=C(C(=O)OCOC(=O)C(C)(C)C)N3C(=O)[C@H]([C@@H](C)O)[C@H]3C2)cc1. The molecule has 0 aliphatic carbocycles. The van der Waals surface area contributed by atoms with Crippen LogP contribution in [-0.2, 0) is 30.4 Å². The first kappa shape index (κ1) is 25.2. The lowest BCUT2D eigenvalue weighted by molar-refractivity contribution is -0.175. The van der Waals surface area contributed by atoms with Gasteiger partial charge in [0.1, 0.15) is 5.70 Å². The summed E-state index contributed by atoms with van der Waals surface area (Å²) in [5.41, 5.74) is 1.52. The normalized spacial score (nSPS) is 20.3. The van der Waals surface area contributed by atoms with Crippen molar-refractivity contribution in [2.45, 2.75) is 52.8 Å². The van der Waals surface area contributed by atoms with E-state index in [9.17, 15) is 24.3 Å². The van der Waals surface area contributed by atoms with E-state index in [0.29, 0.717) is 24.1 Å². The number of β-lactam (4-membered cyclic amide) rings is 1. The average molecular weight is 474 g/mol. The number of rotatable bonds is 7. The Balaban J connectivity index is 1.81. The Labute approximate surface area is 198 Å². The molecule has 2 aliphatic heterocycles. The van der Waals surface area contributed by atoms with Crippen molar-refractivity contribution in [3.63, 3.8) is 0 Å². The summed E-state index contributed by atoms with van der Waals surface area (Å²) in [6.07, 6.45) is -0.472. The largest absolute Gasteiger partial charge is 0.427 e. The summed E-state index contributed by atoms with van der Waals surface area (Å²) in [4.78, 5) is 50.4. The summed E-state index contributed by atoms with van der Waals surface area (Å²) in [6, 6.07) is 6.59. The molecular formula is C24H31N3O7. The van der Waals surface area contributed by atoms with Crippen molar-refractivity contribution in [1.29, 1.82) is 0 Å². The molecule has 1 saturated heterocycles. The third-order valence-electron chi connectivity index (χ3n) is 5.90. The highest BCUT2D eigenvalue weighted by atomic mass is 16.7. The van der Waals surface area contributed by atoms with Gasteiger partial charge in [0.15, 0.2) is 0 Å². The Bertz CT molecular complexity index is 1010. The Morgan fingerprint density at radius 3 is 2.38 bits per heavy atom. The molecule has 10 heteroatoms. The minimum absolute atomic E-state index is 0.0925. The van der Waals surface area contributed by atoms with Crippen LogP contribution in [0.4, 0.5) is 4.79 Å². The maximum Gasteiger partial charge on any atom is 0.358 e. The monoisotopic (exact) mass is 473 g/mol. The summed E-state index contributed by atoms with van der Waals surface area (Å²) >= 11 is 0. The van der Waals surface area contributed by atoms with E-state index in [4.69, 9.17) is 9.47 Å². The van der Waals surface area contributed by atoms with Crippen molar-refractivity contribution in [2.24, 2.45) is 11.3 Å². The van der Waals surface area contributed by atoms with Crippen LogP contribution in [0.1, 0.15) is 45.2 Å². The Kier molecular flexibility index (Phi) is 7.30. The molecule has 2 aliphatic rings. The van der Waals surface area contributed by atoms with Crippen LogP contribution in [0.15, 0.2) is 30.0 Å². The molecule has 3 N–H and O–H groups in total. The lowest BCUT2D eigenvalue weighted by Crippen LogP contribution is -2.61. The Hall–Kier alpha value is -3.40. The van der Waals surface area contributed by atoms with Gasteiger partial charge in [-0.2, -0.15) is 0 Å². The highest BCUT2D eigenvalue weighted by Crippen LogP contribution is 2.47. The van der Waals surface area contributed by atoms with E-state index in [0.717, 1.165) is 5.56 Å². The predicted octanol–water partition coefficient (Wildman–Crippen LogP) is 1.53. The van der Waals surface area contributed by atoms with E-state index in [1.165, 1.54) is 11.9 Å². The van der Waals surface area contributed by atoms with Gasteiger partial charge in [0, 0.05) is 13.6 Å². The van der Waals surface area contributed by atoms with Crippen LogP contribution in [-0.4, -0.2) is 59.9 Å². The highest BCUT2D eigenvalue weighted by molar-refractivity contribution is 6.06. The van der Waals surface area contributed by atoms with Gasteiger partial charge in [0.2, 0.25) is 12.7 Å². The fraction of sp³-hybridized carbons (Fsp3) is 0.500. The summed E-state index contributed by atoms with van der Waals surface area (Å²) in [5.74, 6) is -2.24. The second-order valence-corrected chi connectivity index (χ2v) is 9.43. The van der Waals surface area contributed by atoms with Crippen LogP contribution >= 0.6 is 0 Å². The molecule has 0 aromatic heterocycles. The Morgan fingerprint density at radius 2 is 1.82 bits per heavy atom. The van der Waals surface area contributed by atoms with Gasteiger partial charge in [-0.05, 0) is 50.8 Å². The highest BCUT2D eigenvalue weighted by Gasteiger charge is 2.57. The summed E-state index contributed by atoms with van der Waals surface area (Å²) in [5, 5.41) is 15.2. The maximum absolute atomic E-state index is 13.0. The van der Waals surface area contributed by atoms with Gasteiger partial charge in [0.25, 0.3) is 0 Å². The number of benzene rings is 1. The molecule has 34 heavy (non-hydrogen) atoms. The summed E-state index contributed by atoms with van der Waals surface area (Å²) in [7, 11) is 1.53. The number of ether oxygens (including phenoxy) is 2. The lowest BCUT2D eigenvalue weighted by atomic mass is 9.82. The fourth-order valence-electron chi connectivity index (χ4n) is 4.03. The van der Waals surface area contributed by atoms with Gasteiger partial charge in [-0.15, -0.1) is 0 Å². The number of carbonyl (C=O) groups excluding carboxylic acids is 4. The van der Waals surface area contributed by atoms with Crippen LogP contribution in [0.3, 0.4) is 0 Å². The van der Waals surface area contributed by atoms with Crippen molar-refractivity contribution in [3.8, 4) is 0 Å². The molecule has 3 atom stereocenters. The van der Waals surface area contributed by atoms with E-state index in [-0.39, 0.29) is 23.7 Å². The maximum atomic E-state index is 13.0. The second kappa shape index (κ2) is 9.84. The van der Waals surface area contributed by atoms with Gasteiger partial charge in [0.05, 0.1) is 23.5 Å². The summed E-state index contributed by atoms with van der Waals surface area (Å²) < 4.78 is 10.2. The molecule has 1 fully saturated rings. The van der Waals surface area contributed by atoms with Gasteiger partial charge in [-0.3, -0.25) is 9.59 Å². The topological polar surface area (TPSA) is 134 Å². The van der Waals surface area contributed by atoms with E-state index in [1.54, 1.807) is 39.8 Å². The van der Waals surface area contributed by atoms with E-state index < -0.39 is 36.2 Å². The first-order valence-corrected chi connectivity index (χ1v) is 11.1. The van der Waals surface area contributed by atoms with Crippen LogP contribution < -0.4 is 10.6 Å². The van der Waals surface area contributed by atoms with Crippen molar-refractivity contribution >= 4 is 29.5 Å². The number of nitrogens with one attached hydrogen (secondary N) is 2. The first-order chi connectivity index (χ1) is 16.0. The number of hydrogen-bond acceptors (Lipinski definition) is 7. The number of fused-ring (bicyclic) bond motifs is 1. The molecule has 1 aromatic carbocycles.